The molecule has 0 spiro atoms. The molecule has 0 aliphatic heterocycles. The van der Waals surface area contributed by atoms with Gasteiger partial charge >= 0.3 is 5.97 Å². The maximum Gasteiger partial charge on any atom is 0.358 e. The van der Waals surface area contributed by atoms with Crippen LogP contribution in [0, 0.1) is 13.8 Å². The van der Waals surface area contributed by atoms with Crippen molar-refractivity contribution in [2.75, 3.05) is 11.3 Å². The summed E-state index contributed by atoms with van der Waals surface area (Å²) in [6.45, 7) is 7.34. The fourth-order valence-corrected chi connectivity index (χ4v) is 4.97. The average Bonchev–Trinajstić information content (AvgIpc) is 2.93. The highest BCUT2D eigenvalue weighted by Gasteiger charge is 2.26. The number of halogens is 1. The molecule has 1 heterocycles. The summed E-state index contributed by atoms with van der Waals surface area (Å²) in [6, 6.07) is 3.45. The summed E-state index contributed by atoms with van der Waals surface area (Å²) in [7, 11) is -3.93. The van der Waals surface area contributed by atoms with Crippen molar-refractivity contribution in [2.45, 2.75) is 51.9 Å². The summed E-state index contributed by atoms with van der Waals surface area (Å²) < 4.78 is 34.2. The highest BCUT2D eigenvalue weighted by atomic mass is 79.9. The Hall–Kier alpha value is -1.87. The number of unbranched alkanes of at least 4 members (excludes halogenated alkanes) is 1. The molecule has 27 heavy (non-hydrogen) atoms. The number of benzene rings is 1. The highest BCUT2D eigenvalue weighted by Crippen LogP contribution is 2.27. The number of sulfonamides is 1. The van der Waals surface area contributed by atoms with E-state index < -0.39 is 16.0 Å². The van der Waals surface area contributed by atoms with Gasteiger partial charge in [-0.25, -0.2) is 18.2 Å². The smallest absolute Gasteiger partial charge is 0.358 e. The van der Waals surface area contributed by atoms with Crippen molar-refractivity contribution in [3.05, 3.63) is 39.3 Å². The first-order valence-corrected chi connectivity index (χ1v) is 11.0. The molecule has 0 unspecified atom stereocenters. The van der Waals surface area contributed by atoms with Gasteiger partial charge in [0.05, 0.1) is 11.5 Å². The van der Waals surface area contributed by atoms with Crippen LogP contribution in [0.4, 0.5) is 5.82 Å². The molecule has 0 aliphatic rings. The lowest BCUT2D eigenvalue weighted by atomic mass is 10.2. The van der Waals surface area contributed by atoms with Gasteiger partial charge in [0, 0.05) is 10.9 Å². The van der Waals surface area contributed by atoms with E-state index in [4.69, 9.17) is 4.74 Å². The zero-order valence-electron chi connectivity index (χ0n) is 15.8. The van der Waals surface area contributed by atoms with Crippen LogP contribution in [0.2, 0.25) is 0 Å². The number of H-pyrrole nitrogens is 1. The molecular weight excluding hydrogens is 434 g/mol. The third kappa shape index (κ3) is 5.10. The van der Waals surface area contributed by atoms with Gasteiger partial charge in [0.2, 0.25) is 0 Å². The van der Waals surface area contributed by atoms with Crippen LogP contribution in [0.1, 0.15) is 54.1 Å². The number of nitrogens with one attached hydrogen (secondary N) is 2. The zero-order chi connectivity index (χ0) is 20.2. The monoisotopic (exact) mass is 457 g/mol. The average molecular weight is 458 g/mol. The van der Waals surface area contributed by atoms with Gasteiger partial charge in [0.1, 0.15) is 5.82 Å². The van der Waals surface area contributed by atoms with E-state index in [0.717, 1.165) is 17.3 Å². The number of esters is 1. The van der Waals surface area contributed by atoms with E-state index in [9.17, 15) is 13.2 Å². The maximum absolute atomic E-state index is 13.0. The summed E-state index contributed by atoms with van der Waals surface area (Å²) in [5, 5.41) is 0. The Bertz CT molecular complexity index is 915. The Labute approximate surface area is 168 Å². The number of carbonyl (C=O) groups excluding carboxylic acids is 1. The molecule has 0 saturated carbocycles. The number of aromatic nitrogens is 2. The van der Waals surface area contributed by atoms with Crippen molar-refractivity contribution < 1.29 is 17.9 Å². The van der Waals surface area contributed by atoms with Gasteiger partial charge in [0.15, 0.2) is 11.5 Å². The van der Waals surface area contributed by atoms with Crippen LogP contribution in [0.5, 0.6) is 0 Å². The SMILES string of the molecule is CCCCc1nc(NS(=O)(=O)c2c(C)cc(Br)cc2C)c(C(=O)OCC)[nH]1. The molecule has 0 atom stereocenters. The summed E-state index contributed by atoms with van der Waals surface area (Å²) in [4.78, 5) is 19.6. The molecule has 0 fully saturated rings. The minimum Gasteiger partial charge on any atom is -0.461 e. The lowest BCUT2D eigenvalue weighted by molar-refractivity contribution is 0.0521. The second-order valence-electron chi connectivity index (χ2n) is 6.21. The zero-order valence-corrected chi connectivity index (χ0v) is 18.3. The molecule has 9 heteroatoms. The molecule has 2 N–H and O–H groups in total. The normalized spacial score (nSPS) is 11.4. The van der Waals surface area contributed by atoms with E-state index >= 15 is 0 Å². The summed E-state index contributed by atoms with van der Waals surface area (Å²) >= 11 is 3.36. The largest absolute Gasteiger partial charge is 0.461 e. The Kier molecular flexibility index (Phi) is 7.05. The van der Waals surface area contributed by atoms with E-state index in [1.54, 1.807) is 32.9 Å². The number of ether oxygens (including phenoxy) is 1. The van der Waals surface area contributed by atoms with Crippen LogP contribution >= 0.6 is 15.9 Å². The maximum atomic E-state index is 13.0. The van der Waals surface area contributed by atoms with Gasteiger partial charge in [-0.2, -0.15) is 0 Å². The first-order chi connectivity index (χ1) is 12.7. The Morgan fingerprint density at radius 2 is 1.89 bits per heavy atom. The van der Waals surface area contributed by atoms with Crippen molar-refractivity contribution in [3.8, 4) is 0 Å². The molecule has 0 bridgehead atoms. The first-order valence-electron chi connectivity index (χ1n) is 8.75. The number of aromatic amines is 1. The number of imidazole rings is 1. The molecule has 2 rings (SSSR count). The van der Waals surface area contributed by atoms with Gasteiger partial charge in [-0.05, 0) is 50.5 Å². The Balaban J connectivity index is 2.45. The molecule has 0 radical (unpaired) electrons. The van der Waals surface area contributed by atoms with E-state index in [1.807, 2.05) is 6.92 Å². The minimum absolute atomic E-state index is 0.0129. The number of hydrogen-bond acceptors (Lipinski definition) is 5. The predicted octanol–water partition coefficient (Wildman–Crippen LogP) is 4.11. The van der Waals surface area contributed by atoms with Crippen LogP contribution < -0.4 is 4.72 Å². The standard InChI is InChI=1S/C18H24BrN3O4S/c1-5-7-8-14-20-15(18(23)26-6-2)17(21-14)22-27(24,25)16-11(3)9-13(19)10-12(16)4/h9-10,22H,5-8H2,1-4H3,(H,20,21). The van der Waals surface area contributed by atoms with Crippen molar-refractivity contribution in [1.29, 1.82) is 0 Å². The van der Waals surface area contributed by atoms with Crippen molar-refractivity contribution in [3.63, 3.8) is 0 Å². The molecule has 7 nitrogen and oxygen atoms in total. The van der Waals surface area contributed by atoms with E-state index in [0.29, 0.717) is 23.4 Å². The number of carbonyl (C=O) groups is 1. The van der Waals surface area contributed by atoms with Crippen molar-refractivity contribution in [2.24, 2.45) is 0 Å². The highest BCUT2D eigenvalue weighted by molar-refractivity contribution is 9.10. The molecule has 0 amide bonds. The van der Waals surface area contributed by atoms with Gasteiger partial charge in [-0.1, -0.05) is 29.3 Å². The van der Waals surface area contributed by atoms with Gasteiger partial charge in [-0.3, -0.25) is 4.72 Å². The van der Waals surface area contributed by atoms with Crippen molar-refractivity contribution >= 4 is 37.7 Å². The van der Waals surface area contributed by atoms with Crippen molar-refractivity contribution in [1.82, 2.24) is 9.97 Å². The Morgan fingerprint density at radius 3 is 2.44 bits per heavy atom. The van der Waals surface area contributed by atoms with Crippen LogP contribution in [0.25, 0.3) is 0 Å². The first kappa shape index (κ1) is 21.4. The van der Waals surface area contributed by atoms with E-state index in [2.05, 4.69) is 30.6 Å². The minimum atomic E-state index is -3.93. The number of rotatable bonds is 8. The number of anilines is 1. The third-order valence-electron chi connectivity index (χ3n) is 3.92. The molecule has 1 aromatic heterocycles. The summed E-state index contributed by atoms with van der Waals surface area (Å²) in [6.07, 6.45) is 2.43. The second-order valence-corrected chi connectivity index (χ2v) is 8.74. The van der Waals surface area contributed by atoms with Crippen LogP contribution in [0.3, 0.4) is 0 Å². The second kappa shape index (κ2) is 8.88. The fraction of sp³-hybridized carbons (Fsp3) is 0.444. The van der Waals surface area contributed by atoms with Gasteiger partial charge in [-0.15, -0.1) is 0 Å². The lowest BCUT2D eigenvalue weighted by Gasteiger charge is -2.13. The lowest BCUT2D eigenvalue weighted by Crippen LogP contribution is -2.18. The molecule has 1 aromatic carbocycles. The predicted molar refractivity (Wildman–Crippen MR) is 108 cm³/mol. The quantitative estimate of drug-likeness (QED) is 0.580. The fourth-order valence-electron chi connectivity index (χ4n) is 2.81. The molecular formula is C18H24BrN3O4S. The van der Waals surface area contributed by atoms with Crippen LogP contribution in [-0.4, -0.2) is 31.0 Å². The third-order valence-corrected chi connectivity index (χ3v) is 6.03. The number of nitrogens with zero attached hydrogens (tertiary/aromatic N) is 1. The Morgan fingerprint density at radius 1 is 1.26 bits per heavy atom. The molecule has 2 aromatic rings. The van der Waals surface area contributed by atoms with Crippen LogP contribution in [-0.2, 0) is 21.2 Å². The van der Waals surface area contributed by atoms with Crippen LogP contribution in [0.15, 0.2) is 21.5 Å². The molecule has 0 aliphatic carbocycles. The molecule has 148 valence electrons. The van der Waals surface area contributed by atoms with E-state index in [-0.39, 0.29) is 23.0 Å². The summed E-state index contributed by atoms with van der Waals surface area (Å²) in [5.41, 5.74) is 1.20. The number of aryl methyl sites for hydroxylation is 3. The summed E-state index contributed by atoms with van der Waals surface area (Å²) in [5.74, 6) is -0.141. The van der Waals surface area contributed by atoms with Gasteiger partial charge < -0.3 is 9.72 Å². The molecule has 0 saturated heterocycles. The van der Waals surface area contributed by atoms with Gasteiger partial charge in [0.25, 0.3) is 10.0 Å². The van der Waals surface area contributed by atoms with E-state index in [1.165, 1.54) is 0 Å². The number of hydrogen-bond donors (Lipinski definition) is 2. The topological polar surface area (TPSA) is 101 Å².